The number of carbonyl (C=O) groups excluding carboxylic acids is 3. The van der Waals surface area contributed by atoms with Crippen LogP contribution in [0, 0.1) is 5.92 Å². The van der Waals surface area contributed by atoms with Crippen molar-refractivity contribution in [1.29, 1.82) is 0 Å². The Morgan fingerprint density at radius 2 is 1.87 bits per heavy atom. The number of rotatable bonds is 8. The number of carbonyl (C=O) groups is 3. The second-order valence-electron chi connectivity index (χ2n) is 7.20. The number of hydrogen-bond donors (Lipinski definition) is 3. The Balaban J connectivity index is 1.51. The lowest BCUT2D eigenvalue weighted by molar-refractivity contribution is -0.126. The van der Waals surface area contributed by atoms with Gasteiger partial charge in [-0.2, -0.15) is 0 Å². The molecule has 3 rings (SSSR count). The molecule has 1 fully saturated rings. The van der Waals surface area contributed by atoms with Crippen LogP contribution in [0.1, 0.15) is 13.3 Å². The summed E-state index contributed by atoms with van der Waals surface area (Å²) in [6.45, 7) is 1.89. The minimum atomic E-state index is -0.635. The van der Waals surface area contributed by atoms with Crippen LogP contribution in [0.2, 0.25) is 0 Å². The van der Waals surface area contributed by atoms with E-state index in [0.717, 1.165) is 0 Å². The first kappa shape index (κ1) is 21.3. The predicted octanol–water partition coefficient (Wildman–Crippen LogP) is 1.55. The highest BCUT2D eigenvalue weighted by Crippen LogP contribution is 2.27. The van der Waals surface area contributed by atoms with Crippen LogP contribution in [0.25, 0.3) is 0 Å². The summed E-state index contributed by atoms with van der Waals surface area (Å²) in [4.78, 5) is 38.0. The topological polar surface area (TPSA) is 108 Å². The van der Waals surface area contributed by atoms with Gasteiger partial charge in [0.15, 0.2) is 6.61 Å². The Kier molecular flexibility index (Phi) is 7.03. The minimum Gasteiger partial charge on any atom is -0.484 e. The van der Waals surface area contributed by atoms with Crippen molar-refractivity contribution in [2.24, 2.45) is 5.92 Å². The average molecular weight is 411 g/mol. The van der Waals surface area contributed by atoms with Crippen molar-refractivity contribution < 1.29 is 24.2 Å². The number of benzene rings is 2. The number of nitrogens with one attached hydrogen (secondary N) is 2. The highest BCUT2D eigenvalue weighted by atomic mass is 16.5. The van der Waals surface area contributed by atoms with E-state index in [1.165, 1.54) is 0 Å². The Hall–Kier alpha value is -3.39. The van der Waals surface area contributed by atoms with E-state index in [1.807, 2.05) is 18.2 Å². The molecule has 1 aliphatic heterocycles. The van der Waals surface area contributed by atoms with Gasteiger partial charge in [-0.05, 0) is 43.3 Å². The zero-order chi connectivity index (χ0) is 21.5. The van der Waals surface area contributed by atoms with Crippen molar-refractivity contribution in [2.45, 2.75) is 19.4 Å². The molecule has 158 valence electrons. The summed E-state index contributed by atoms with van der Waals surface area (Å²) >= 11 is 0. The summed E-state index contributed by atoms with van der Waals surface area (Å²) in [6.07, 6.45) is -0.506. The zero-order valence-electron chi connectivity index (χ0n) is 16.7. The zero-order valence-corrected chi connectivity index (χ0v) is 16.7. The molecule has 0 radical (unpaired) electrons. The number of amides is 3. The molecule has 0 spiro atoms. The van der Waals surface area contributed by atoms with Crippen LogP contribution in [0.15, 0.2) is 54.6 Å². The fraction of sp³-hybridized carbons (Fsp3) is 0.318. The van der Waals surface area contributed by atoms with Gasteiger partial charge in [0.25, 0.3) is 5.91 Å². The fourth-order valence-corrected chi connectivity index (χ4v) is 3.12. The SMILES string of the molecule is C[C@@H](O)CNC(=O)[C@H]1CC(=O)N(c2ccc(OCC(=O)Nc3ccccc3)cc2)C1. The molecule has 8 heteroatoms. The van der Waals surface area contributed by atoms with Gasteiger partial charge < -0.3 is 25.4 Å². The maximum Gasteiger partial charge on any atom is 0.262 e. The molecule has 8 nitrogen and oxygen atoms in total. The number of aliphatic hydroxyl groups excluding tert-OH is 1. The largest absolute Gasteiger partial charge is 0.484 e. The predicted molar refractivity (Wildman–Crippen MR) is 112 cm³/mol. The first-order chi connectivity index (χ1) is 14.4. The molecule has 2 aromatic carbocycles. The summed E-state index contributed by atoms with van der Waals surface area (Å²) in [6, 6.07) is 15.9. The lowest BCUT2D eigenvalue weighted by Crippen LogP contribution is -2.36. The van der Waals surface area contributed by atoms with E-state index in [9.17, 15) is 19.5 Å². The van der Waals surface area contributed by atoms with Gasteiger partial charge in [-0.1, -0.05) is 18.2 Å². The van der Waals surface area contributed by atoms with E-state index in [2.05, 4.69) is 10.6 Å². The summed E-state index contributed by atoms with van der Waals surface area (Å²) in [5.41, 5.74) is 1.35. The number of para-hydroxylation sites is 1. The normalized spacial score (nSPS) is 16.8. The third kappa shape index (κ3) is 5.81. The summed E-state index contributed by atoms with van der Waals surface area (Å²) in [5, 5.41) is 14.7. The van der Waals surface area contributed by atoms with Crippen LogP contribution in [0.4, 0.5) is 11.4 Å². The van der Waals surface area contributed by atoms with Crippen molar-refractivity contribution in [3.05, 3.63) is 54.6 Å². The molecule has 2 atom stereocenters. The quantitative estimate of drug-likeness (QED) is 0.611. The van der Waals surface area contributed by atoms with Crippen molar-refractivity contribution in [2.75, 3.05) is 29.9 Å². The minimum absolute atomic E-state index is 0.129. The second-order valence-corrected chi connectivity index (χ2v) is 7.20. The summed E-state index contributed by atoms with van der Waals surface area (Å²) in [7, 11) is 0. The van der Waals surface area contributed by atoms with E-state index in [1.54, 1.807) is 48.2 Å². The molecule has 2 aromatic rings. The van der Waals surface area contributed by atoms with Gasteiger partial charge in [0.2, 0.25) is 11.8 Å². The first-order valence-corrected chi connectivity index (χ1v) is 9.76. The maximum atomic E-state index is 12.3. The van der Waals surface area contributed by atoms with E-state index < -0.39 is 12.0 Å². The Labute approximate surface area is 174 Å². The number of hydrogen-bond acceptors (Lipinski definition) is 5. The molecule has 1 saturated heterocycles. The molecule has 0 aliphatic carbocycles. The molecule has 0 bridgehead atoms. The van der Waals surface area contributed by atoms with E-state index in [4.69, 9.17) is 4.74 Å². The van der Waals surface area contributed by atoms with Crippen LogP contribution in [0.5, 0.6) is 5.75 Å². The lowest BCUT2D eigenvalue weighted by Gasteiger charge is -2.17. The Morgan fingerprint density at radius 1 is 1.17 bits per heavy atom. The standard InChI is InChI=1S/C22H25N3O5/c1-15(26)12-23-22(29)16-11-21(28)25(13-16)18-7-9-19(10-8-18)30-14-20(27)24-17-5-3-2-4-6-17/h2-10,15-16,26H,11-14H2,1H3,(H,23,29)(H,24,27)/t15-,16+/m1/s1. The van der Waals surface area contributed by atoms with Crippen molar-refractivity contribution >= 4 is 29.1 Å². The van der Waals surface area contributed by atoms with Gasteiger partial charge in [-0.15, -0.1) is 0 Å². The fourth-order valence-electron chi connectivity index (χ4n) is 3.12. The van der Waals surface area contributed by atoms with Gasteiger partial charge in [0.1, 0.15) is 5.75 Å². The molecular weight excluding hydrogens is 386 g/mol. The Bertz CT molecular complexity index is 883. The summed E-state index contributed by atoms with van der Waals surface area (Å²) in [5.74, 6) is -0.598. The lowest BCUT2D eigenvalue weighted by atomic mass is 10.1. The van der Waals surface area contributed by atoms with Crippen molar-refractivity contribution in [3.63, 3.8) is 0 Å². The van der Waals surface area contributed by atoms with Gasteiger partial charge in [0, 0.05) is 30.9 Å². The molecule has 3 amide bonds. The van der Waals surface area contributed by atoms with E-state index >= 15 is 0 Å². The molecular formula is C22H25N3O5. The van der Waals surface area contributed by atoms with Gasteiger partial charge >= 0.3 is 0 Å². The van der Waals surface area contributed by atoms with Crippen LogP contribution < -0.4 is 20.3 Å². The first-order valence-electron chi connectivity index (χ1n) is 9.76. The maximum absolute atomic E-state index is 12.3. The van der Waals surface area contributed by atoms with Crippen molar-refractivity contribution in [3.8, 4) is 5.75 Å². The highest BCUT2D eigenvalue weighted by Gasteiger charge is 2.35. The summed E-state index contributed by atoms with van der Waals surface area (Å²) < 4.78 is 5.49. The smallest absolute Gasteiger partial charge is 0.262 e. The van der Waals surface area contributed by atoms with Crippen molar-refractivity contribution in [1.82, 2.24) is 5.32 Å². The van der Waals surface area contributed by atoms with Crippen LogP contribution in [-0.4, -0.2) is 48.6 Å². The molecule has 30 heavy (non-hydrogen) atoms. The number of anilines is 2. The monoisotopic (exact) mass is 411 g/mol. The second kappa shape index (κ2) is 9.89. The Morgan fingerprint density at radius 3 is 2.53 bits per heavy atom. The van der Waals surface area contributed by atoms with Gasteiger partial charge in [0.05, 0.1) is 12.0 Å². The number of nitrogens with zero attached hydrogens (tertiary/aromatic N) is 1. The molecule has 1 aliphatic rings. The number of ether oxygens (including phenoxy) is 1. The number of aliphatic hydroxyl groups is 1. The van der Waals surface area contributed by atoms with Crippen LogP contribution >= 0.6 is 0 Å². The van der Waals surface area contributed by atoms with Crippen LogP contribution in [-0.2, 0) is 14.4 Å². The van der Waals surface area contributed by atoms with E-state index in [0.29, 0.717) is 17.1 Å². The highest BCUT2D eigenvalue weighted by molar-refractivity contribution is 6.00. The molecule has 0 unspecified atom stereocenters. The third-order valence-electron chi connectivity index (χ3n) is 4.64. The molecule has 1 heterocycles. The molecule has 0 saturated carbocycles. The molecule has 3 N–H and O–H groups in total. The average Bonchev–Trinajstić information content (AvgIpc) is 3.13. The van der Waals surface area contributed by atoms with E-state index in [-0.39, 0.29) is 43.8 Å². The van der Waals surface area contributed by atoms with Gasteiger partial charge in [-0.3, -0.25) is 14.4 Å². The third-order valence-corrected chi connectivity index (χ3v) is 4.64. The molecule has 0 aromatic heterocycles. The van der Waals surface area contributed by atoms with Gasteiger partial charge in [-0.25, -0.2) is 0 Å². The van der Waals surface area contributed by atoms with Crippen LogP contribution in [0.3, 0.4) is 0 Å².